The van der Waals surface area contributed by atoms with Gasteiger partial charge < -0.3 is 24.6 Å². The van der Waals surface area contributed by atoms with Crippen LogP contribution in [-0.4, -0.2) is 23.8 Å². The summed E-state index contributed by atoms with van der Waals surface area (Å²) in [6.07, 6.45) is 0. The van der Waals surface area contributed by atoms with E-state index in [0.717, 1.165) is 0 Å². The van der Waals surface area contributed by atoms with E-state index in [1.54, 1.807) is 49.4 Å². The molecular weight excluding hydrogens is 350 g/mol. The maximum absolute atomic E-state index is 12.5. The highest BCUT2D eigenvalue weighted by atomic mass is 16.7. The number of fused-ring (bicyclic) bond motifs is 1. The van der Waals surface area contributed by atoms with E-state index in [4.69, 9.17) is 14.0 Å². The molecule has 8 heteroatoms. The highest BCUT2D eigenvalue weighted by Crippen LogP contribution is 2.34. The van der Waals surface area contributed by atoms with Crippen molar-refractivity contribution < 1.29 is 23.6 Å². The molecule has 1 aliphatic rings. The van der Waals surface area contributed by atoms with Crippen LogP contribution in [0.1, 0.15) is 26.5 Å². The molecule has 2 aromatic carbocycles. The summed E-state index contributed by atoms with van der Waals surface area (Å²) in [6.45, 7) is 1.89. The summed E-state index contributed by atoms with van der Waals surface area (Å²) in [5.41, 5.74) is 1.24. The van der Waals surface area contributed by atoms with Crippen LogP contribution < -0.4 is 20.1 Å². The van der Waals surface area contributed by atoms with Crippen molar-refractivity contribution in [1.82, 2.24) is 5.16 Å². The molecular formula is C19H15N3O5. The van der Waals surface area contributed by atoms with E-state index in [1.165, 1.54) is 6.07 Å². The number of aryl methyl sites for hydroxylation is 1. The van der Waals surface area contributed by atoms with E-state index in [0.29, 0.717) is 39.9 Å². The Hall–Kier alpha value is -3.81. The van der Waals surface area contributed by atoms with Crippen molar-refractivity contribution in [1.29, 1.82) is 0 Å². The minimum Gasteiger partial charge on any atom is -0.454 e. The number of hydrogen-bond donors (Lipinski definition) is 2. The zero-order chi connectivity index (χ0) is 18.8. The Morgan fingerprint density at radius 1 is 0.926 bits per heavy atom. The predicted octanol–water partition coefficient (Wildman–Crippen LogP) is 3.22. The summed E-state index contributed by atoms with van der Waals surface area (Å²) >= 11 is 0. The second kappa shape index (κ2) is 6.83. The predicted molar refractivity (Wildman–Crippen MR) is 96.2 cm³/mol. The smallest absolute Gasteiger partial charge is 0.256 e. The van der Waals surface area contributed by atoms with Crippen LogP contribution in [0, 0.1) is 6.92 Å². The molecule has 0 aliphatic carbocycles. The third-order valence-electron chi connectivity index (χ3n) is 3.89. The van der Waals surface area contributed by atoms with Crippen molar-refractivity contribution in [3.8, 4) is 11.5 Å². The van der Waals surface area contributed by atoms with Gasteiger partial charge in [-0.3, -0.25) is 9.59 Å². The molecule has 1 aromatic heterocycles. The molecule has 4 rings (SSSR count). The molecule has 3 aromatic rings. The Morgan fingerprint density at radius 2 is 1.67 bits per heavy atom. The first kappa shape index (κ1) is 16.6. The van der Waals surface area contributed by atoms with Crippen molar-refractivity contribution in [3.05, 3.63) is 65.4 Å². The Labute approximate surface area is 154 Å². The number of rotatable bonds is 4. The van der Waals surface area contributed by atoms with Gasteiger partial charge in [-0.05, 0) is 37.3 Å². The van der Waals surface area contributed by atoms with Gasteiger partial charge in [0.15, 0.2) is 17.3 Å². The Bertz CT molecular complexity index is 1030. The van der Waals surface area contributed by atoms with Crippen molar-refractivity contribution in [2.45, 2.75) is 6.92 Å². The van der Waals surface area contributed by atoms with E-state index < -0.39 is 0 Å². The normalized spacial score (nSPS) is 11.9. The summed E-state index contributed by atoms with van der Waals surface area (Å²) in [4.78, 5) is 24.8. The Morgan fingerprint density at radius 3 is 2.41 bits per heavy atom. The van der Waals surface area contributed by atoms with Crippen molar-refractivity contribution in [3.63, 3.8) is 0 Å². The van der Waals surface area contributed by atoms with Gasteiger partial charge in [-0.15, -0.1) is 0 Å². The first-order chi connectivity index (χ1) is 13.1. The van der Waals surface area contributed by atoms with E-state index in [-0.39, 0.29) is 18.6 Å². The third-order valence-corrected chi connectivity index (χ3v) is 3.89. The fourth-order valence-electron chi connectivity index (χ4n) is 2.59. The van der Waals surface area contributed by atoms with Gasteiger partial charge in [0.25, 0.3) is 11.8 Å². The summed E-state index contributed by atoms with van der Waals surface area (Å²) in [5, 5.41) is 9.11. The standard InChI is InChI=1S/C19H15N3O5/c1-11-7-17(22-27-11)21-19(24)13-4-2-3-12(8-13)18(23)20-14-5-6-15-16(9-14)26-10-25-15/h2-9H,10H2,1H3,(H,20,23)(H,21,22,24). The number of nitrogens with zero attached hydrogens (tertiary/aromatic N) is 1. The molecule has 0 fully saturated rings. The Kier molecular flexibility index (Phi) is 4.21. The third kappa shape index (κ3) is 3.59. The lowest BCUT2D eigenvalue weighted by Gasteiger charge is -2.08. The second-order valence-electron chi connectivity index (χ2n) is 5.88. The fourth-order valence-corrected chi connectivity index (χ4v) is 2.59. The van der Waals surface area contributed by atoms with Crippen molar-refractivity contribution in [2.24, 2.45) is 0 Å². The molecule has 2 heterocycles. The number of amides is 2. The minimum atomic E-state index is -0.388. The van der Waals surface area contributed by atoms with Crippen molar-refractivity contribution >= 4 is 23.3 Å². The molecule has 2 amide bonds. The quantitative estimate of drug-likeness (QED) is 0.736. The molecule has 0 saturated carbocycles. The number of aromatic nitrogens is 1. The van der Waals surface area contributed by atoms with Crippen molar-refractivity contribution in [2.75, 3.05) is 17.4 Å². The van der Waals surface area contributed by atoms with Crippen LogP contribution >= 0.6 is 0 Å². The number of carbonyl (C=O) groups excluding carboxylic acids is 2. The molecule has 136 valence electrons. The van der Waals surface area contributed by atoms with Gasteiger partial charge in [0.2, 0.25) is 6.79 Å². The van der Waals surface area contributed by atoms with Crippen LogP contribution in [0.15, 0.2) is 53.1 Å². The summed E-state index contributed by atoms with van der Waals surface area (Å²) in [5.74, 6) is 1.37. The number of ether oxygens (including phenoxy) is 2. The minimum absolute atomic E-state index is 0.162. The second-order valence-corrected chi connectivity index (χ2v) is 5.88. The zero-order valence-electron chi connectivity index (χ0n) is 14.3. The maximum atomic E-state index is 12.5. The first-order valence-corrected chi connectivity index (χ1v) is 8.14. The molecule has 8 nitrogen and oxygen atoms in total. The van der Waals surface area contributed by atoms with E-state index in [1.807, 2.05) is 0 Å². The topological polar surface area (TPSA) is 103 Å². The Balaban J connectivity index is 1.48. The van der Waals surface area contributed by atoms with Crippen LogP contribution in [0.25, 0.3) is 0 Å². The number of nitrogens with one attached hydrogen (secondary N) is 2. The highest BCUT2D eigenvalue weighted by Gasteiger charge is 2.16. The average molecular weight is 365 g/mol. The maximum Gasteiger partial charge on any atom is 0.256 e. The molecule has 0 spiro atoms. The lowest BCUT2D eigenvalue weighted by atomic mass is 10.1. The zero-order valence-corrected chi connectivity index (χ0v) is 14.3. The van der Waals surface area contributed by atoms with Gasteiger partial charge in [-0.2, -0.15) is 0 Å². The fraction of sp³-hybridized carbons (Fsp3) is 0.105. The number of benzene rings is 2. The van der Waals surface area contributed by atoms with Gasteiger partial charge in [0.1, 0.15) is 5.76 Å². The number of carbonyl (C=O) groups is 2. The average Bonchev–Trinajstić information content (AvgIpc) is 3.30. The van der Waals surface area contributed by atoms with Crippen LogP contribution in [0.3, 0.4) is 0 Å². The first-order valence-electron chi connectivity index (χ1n) is 8.14. The van der Waals surface area contributed by atoms with E-state index in [2.05, 4.69) is 15.8 Å². The van der Waals surface area contributed by atoms with Crippen LogP contribution in [-0.2, 0) is 0 Å². The SMILES string of the molecule is Cc1cc(NC(=O)c2cccc(C(=O)Nc3ccc4c(c3)OCO4)c2)no1. The number of anilines is 2. The molecule has 1 aliphatic heterocycles. The molecule has 0 bridgehead atoms. The summed E-state index contributed by atoms with van der Waals surface area (Å²) < 4.78 is 15.5. The van der Waals surface area contributed by atoms with Crippen LogP contribution in [0.5, 0.6) is 11.5 Å². The summed E-state index contributed by atoms with van der Waals surface area (Å²) in [6, 6.07) is 13.1. The number of hydrogen-bond acceptors (Lipinski definition) is 6. The lowest BCUT2D eigenvalue weighted by Crippen LogP contribution is -2.15. The molecule has 0 atom stereocenters. The van der Waals surface area contributed by atoms with Gasteiger partial charge >= 0.3 is 0 Å². The summed E-state index contributed by atoms with van der Waals surface area (Å²) in [7, 11) is 0. The van der Waals surface area contributed by atoms with Gasteiger partial charge in [0.05, 0.1) is 0 Å². The molecule has 0 saturated heterocycles. The molecule has 0 unspecified atom stereocenters. The monoisotopic (exact) mass is 365 g/mol. The molecule has 2 N–H and O–H groups in total. The van der Waals surface area contributed by atoms with Gasteiger partial charge in [0, 0.05) is 28.9 Å². The molecule has 27 heavy (non-hydrogen) atoms. The molecule has 0 radical (unpaired) electrons. The van der Waals surface area contributed by atoms with Crippen LogP contribution in [0.2, 0.25) is 0 Å². The highest BCUT2D eigenvalue weighted by molar-refractivity contribution is 6.08. The largest absolute Gasteiger partial charge is 0.454 e. The van der Waals surface area contributed by atoms with Gasteiger partial charge in [-0.25, -0.2) is 0 Å². The lowest BCUT2D eigenvalue weighted by molar-refractivity contribution is 0.102. The van der Waals surface area contributed by atoms with Gasteiger partial charge in [-0.1, -0.05) is 11.2 Å². The van der Waals surface area contributed by atoms with Crippen LogP contribution in [0.4, 0.5) is 11.5 Å². The van der Waals surface area contributed by atoms with E-state index >= 15 is 0 Å². The van der Waals surface area contributed by atoms with E-state index in [9.17, 15) is 9.59 Å².